The number of aliphatic hydroxyl groups is 1. The number of phenols is 1. The molecule has 0 bridgehead atoms. The summed E-state index contributed by atoms with van der Waals surface area (Å²) in [5.74, 6) is -8.45. The van der Waals surface area contributed by atoms with Gasteiger partial charge >= 0.3 is 0 Å². The summed E-state index contributed by atoms with van der Waals surface area (Å²) in [6.07, 6.45) is 6.02. The topological polar surface area (TPSA) is 152 Å². The van der Waals surface area contributed by atoms with Crippen molar-refractivity contribution in [3.63, 3.8) is 0 Å². The van der Waals surface area contributed by atoms with Crippen molar-refractivity contribution < 1.29 is 34.2 Å². The van der Waals surface area contributed by atoms with Crippen LogP contribution in [-0.4, -0.2) is 44.9 Å². The van der Waals surface area contributed by atoms with Gasteiger partial charge in [0.1, 0.15) is 5.75 Å². The Morgan fingerprint density at radius 1 is 1.00 bits per heavy atom. The third kappa shape index (κ3) is 4.73. The number of carbonyl (C=O) groups excluding carboxylic acids is 5. The van der Waals surface area contributed by atoms with Gasteiger partial charge in [-0.3, -0.25) is 24.0 Å². The number of ketones is 4. The lowest BCUT2D eigenvalue weighted by Crippen LogP contribution is -2.68. The average molecular weight is 600 g/mol. The maximum absolute atomic E-state index is 14.2. The molecule has 0 radical (unpaired) electrons. The first kappa shape index (κ1) is 30.4. The number of fused-ring (bicyclic) bond motifs is 3. The van der Waals surface area contributed by atoms with Gasteiger partial charge in [-0.1, -0.05) is 57.9 Å². The monoisotopic (exact) mass is 599 g/mol. The summed E-state index contributed by atoms with van der Waals surface area (Å²) in [7, 11) is 0. The molecule has 2 unspecified atom stereocenters. The minimum atomic E-state index is -2.65. The Labute approximate surface area is 257 Å². The fourth-order valence-corrected chi connectivity index (χ4v) is 8.49. The van der Waals surface area contributed by atoms with E-state index in [1.54, 1.807) is 0 Å². The fraction of sp³-hybridized carbons (Fsp3) is 0.528. The molecule has 3 fully saturated rings. The van der Waals surface area contributed by atoms with Crippen LogP contribution >= 0.6 is 0 Å². The molecule has 3 saturated carbocycles. The van der Waals surface area contributed by atoms with Crippen LogP contribution < -0.4 is 5.73 Å². The van der Waals surface area contributed by atoms with Crippen molar-refractivity contribution in [3.8, 4) is 16.9 Å². The predicted octanol–water partition coefficient (Wildman–Crippen LogP) is 4.49. The number of Topliss-reactive ketones (excluding diaryl/α,β-unsaturated/α-hetero) is 4. The third-order valence-corrected chi connectivity index (χ3v) is 11.0. The van der Waals surface area contributed by atoms with Crippen molar-refractivity contribution >= 4 is 29.0 Å². The first-order valence-corrected chi connectivity index (χ1v) is 16.0. The SMILES string of the molecule is CC1CCC(Cc2ccc(-c3cc(C(C)C)c4c(c3O)C(=O)C3C(=O)[C@]5(O)C(=O)C(C(N)=O)C(=O)C[C@@H]5C[C@@H]3C4)cc2)CC1. The normalized spacial score (nSPS) is 31.8. The molecule has 0 aliphatic heterocycles. The summed E-state index contributed by atoms with van der Waals surface area (Å²) in [5, 5.41) is 23.1. The molecule has 44 heavy (non-hydrogen) atoms. The Morgan fingerprint density at radius 2 is 1.66 bits per heavy atom. The molecule has 2 aromatic carbocycles. The molecule has 2 aromatic rings. The Balaban J connectivity index is 1.36. The lowest BCUT2D eigenvalue weighted by Gasteiger charge is -2.48. The highest BCUT2D eigenvalue weighted by atomic mass is 16.3. The maximum atomic E-state index is 14.2. The van der Waals surface area contributed by atoms with Crippen LogP contribution in [0.15, 0.2) is 30.3 Å². The number of amides is 1. The van der Waals surface area contributed by atoms with Crippen LogP contribution in [0.1, 0.15) is 92.3 Å². The van der Waals surface area contributed by atoms with Gasteiger partial charge in [-0.25, -0.2) is 0 Å². The van der Waals surface area contributed by atoms with Gasteiger partial charge in [0, 0.05) is 17.9 Å². The van der Waals surface area contributed by atoms with Gasteiger partial charge in [0.25, 0.3) is 0 Å². The molecular weight excluding hydrogens is 558 g/mol. The third-order valence-electron chi connectivity index (χ3n) is 11.0. The molecular formula is C36H41NO7. The van der Waals surface area contributed by atoms with E-state index in [4.69, 9.17) is 5.73 Å². The Hall–Kier alpha value is -3.65. The van der Waals surface area contributed by atoms with Crippen molar-refractivity contribution in [2.75, 3.05) is 0 Å². The van der Waals surface area contributed by atoms with Crippen molar-refractivity contribution in [2.45, 2.75) is 83.7 Å². The van der Waals surface area contributed by atoms with E-state index < -0.39 is 58.3 Å². The number of nitrogens with two attached hydrogens (primary N) is 1. The standard InChI is InChI=1S/C36H41NO7/c1-17(2)24-16-25(21-10-8-20(9-11-21)12-19-6-4-18(3)5-7-19)31(39)29-26(24)14-22-13-23-15-27(38)30(35(37)43)34(42)36(23,44)33(41)28(22)32(29)40/h8-11,16-19,22-23,28,30,39,44H,4-7,12-15H2,1-3H3,(H2,37,43)/t18?,19?,22-,23+,28?,30?,36+/m1/s1. The first-order valence-electron chi connectivity index (χ1n) is 16.0. The highest BCUT2D eigenvalue weighted by molar-refractivity contribution is 6.31. The number of aromatic hydroxyl groups is 1. The fourth-order valence-electron chi connectivity index (χ4n) is 8.49. The lowest BCUT2D eigenvalue weighted by atomic mass is 9.53. The average Bonchev–Trinajstić information content (AvgIpc) is 2.96. The van der Waals surface area contributed by atoms with Crippen LogP contribution in [0.4, 0.5) is 0 Å². The van der Waals surface area contributed by atoms with Gasteiger partial charge in [-0.05, 0) is 84.1 Å². The van der Waals surface area contributed by atoms with Gasteiger partial charge in [-0.15, -0.1) is 0 Å². The molecule has 0 spiro atoms. The zero-order valence-electron chi connectivity index (χ0n) is 25.6. The number of benzene rings is 2. The molecule has 4 aliphatic rings. The summed E-state index contributed by atoms with van der Waals surface area (Å²) in [6.45, 7) is 6.33. The molecule has 1 amide bonds. The zero-order valence-corrected chi connectivity index (χ0v) is 25.6. The summed E-state index contributed by atoms with van der Waals surface area (Å²) in [4.78, 5) is 65.8. The van der Waals surface area contributed by atoms with Crippen molar-refractivity contribution in [1.82, 2.24) is 0 Å². The van der Waals surface area contributed by atoms with Crippen molar-refractivity contribution in [3.05, 3.63) is 52.6 Å². The van der Waals surface area contributed by atoms with Crippen molar-refractivity contribution in [2.24, 2.45) is 41.2 Å². The van der Waals surface area contributed by atoms with Crippen LogP contribution in [0.5, 0.6) is 5.75 Å². The number of hydrogen-bond donors (Lipinski definition) is 3. The molecule has 0 saturated heterocycles. The molecule has 6 rings (SSSR count). The molecule has 0 heterocycles. The van der Waals surface area contributed by atoms with Gasteiger partial charge in [-0.2, -0.15) is 0 Å². The number of rotatable bonds is 5. The summed E-state index contributed by atoms with van der Waals surface area (Å²) in [6, 6.07) is 10.00. The molecule has 5 atom stereocenters. The van der Waals surface area contributed by atoms with Crippen LogP contribution in [0.2, 0.25) is 0 Å². The van der Waals surface area contributed by atoms with E-state index in [0.29, 0.717) is 17.0 Å². The van der Waals surface area contributed by atoms with E-state index >= 15 is 0 Å². The number of primary amides is 1. The molecule has 4 N–H and O–H groups in total. The summed E-state index contributed by atoms with van der Waals surface area (Å²) >= 11 is 0. The second-order valence-corrected chi connectivity index (χ2v) is 14.1. The summed E-state index contributed by atoms with van der Waals surface area (Å²) < 4.78 is 0. The molecule has 8 heteroatoms. The second kappa shape index (κ2) is 11.1. The highest BCUT2D eigenvalue weighted by Crippen LogP contribution is 2.52. The smallest absolute Gasteiger partial charge is 0.235 e. The Kier molecular flexibility index (Phi) is 7.63. The van der Waals surface area contributed by atoms with E-state index in [2.05, 4.69) is 19.1 Å². The number of hydrogen-bond acceptors (Lipinski definition) is 7. The van der Waals surface area contributed by atoms with Crippen LogP contribution in [0.25, 0.3) is 11.1 Å². The first-order chi connectivity index (χ1) is 20.8. The predicted molar refractivity (Wildman–Crippen MR) is 163 cm³/mol. The Bertz CT molecular complexity index is 1570. The van der Waals surface area contributed by atoms with E-state index in [9.17, 15) is 34.2 Å². The van der Waals surface area contributed by atoms with Gasteiger partial charge in [0.2, 0.25) is 5.91 Å². The van der Waals surface area contributed by atoms with E-state index in [0.717, 1.165) is 23.5 Å². The zero-order chi connectivity index (χ0) is 31.7. The van der Waals surface area contributed by atoms with E-state index in [1.165, 1.54) is 31.2 Å². The summed E-state index contributed by atoms with van der Waals surface area (Å²) in [5.41, 5.74) is 6.72. The van der Waals surface area contributed by atoms with E-state index in [1.807, 2.05) is 32.0 Å². The molecule has 4 aliphatic carbocycles. The van der Waals surface area contributed by atoms with E-state index in [-0.39, 0.29) is 36.5 Å². The molecule has 232 valence electrons. The Morgan fingerprint density at radius 3 is 2.27 bits per heavy atom. The minimum Gasteiger partial charge on any atom is -0.507 e. The maximum Gasteiger partial charge on any atom is 0.235 e. The van der Waals surface area contributed by atoms with Crippen LogP contribution in [-0.2, 0) is 32.0 Å². The lowest BCUT2D eigenvalue weighted by molar-refractivity contribution is -0.175. The molecule has 0 aromatic heterocycles. The highest BCUT2D eigenvalue weighted by Gasteiger charge is 2.66. The molecule has 8 nitrogen and oxygen atoms in total. The van der Waals surface area contributed by atoms with Gasteiger partial charge in [0.15, 0.2) is 34.7 Å². The van der Waals surface area contributed by atoms with Gasteiger partial charge < -0.3 is 15.9 Å². The van der Waals surface area contributed by atoms with Crippen LogP contribution in [0.3, 0.4) is 0 Å². The number of phenolic OH excluding ortho intramolecular Hbond substituents is 1. The van der Waals surface area contributed by atoms with Crippen molar-refractivity contribution in [1.29, 1.82) is 0 Å². The quantitative estimate of drug-likeness (QED) is 0.429. The largest absolute Gasteiger partial charge is 0.507 e. The van der Waals surface area contributed by atoms with Crippen LogP contribution in [0, 0.1) is 35.5 Å². The second-order valence-electron chi connectivity index (χ2n) is 14.1. The minimum absolute atomic E-state index is 0.00537. The number of carbonyl (C=O) groups is 5. The van der Waals surface area contributed by atoms with Gasteiger partial charge in [0.05, 0.1) is 11.5 Å².